The molecule has 31 heavy (non-hydrogen) atoms. The summed E-state index contributed by atoms with van der Waals surface area (Å²) in [6.07, 6.45) is 5.91. The number of piperidine rings is 1. The molecule has 2 aromatic rings. The normalized spacial score (nSPS) is 17.5. The number of para-hydroxylation sites is 1. The Balaban J connectivity index is 1.30. The summed E-state index contributed by atoms with van der Waals surface area (Å²) in [5, 5.41) is 3.46. The number of hydrogen-bond acceptors (Lipinski definition) is 4. The van der Waals surface area contributed by atoms with Gasteiger partial charge in [-0.3, -0.25) is 9.79 Å². The number of hydrogen-bond donors (Lipinski definition) is 1. The van der Waals surface area contributed by atoms with Crippen molar-refractivity contribution in [1.82, 2.24) is 14.8 Å². The van der Waals surface area contributed by atoms with Crippen LogP contribution in [0.3, 0.4) is 0 Å². The highest BCUT2D eigenvalue weighted by atomic mass is 16.2. The molecule has 1 aromatic carbocycles. The number of benzene rings is 1. The number of nitrogens with zero attached hydrogens (tertiary/aromatic N) is 5. The summed E-state index contributed by atoms with van der Waals surface area (Å²) in [7, 11) is 0. The maximum Gasteiger partial charge on any atom is 0.224 e. The standard InChI is InChI=1S/C24H32N6O/c31-23(29-19-17-28(18-20-29)22-11-5-6-13-25-22)12-14-26-24(30-15-7-2-8-16-30)27-21-9-3-1-4-10-21/h1,3-6,9-11,13H,2,7-8,12,14-20H2,(H,26,27). The molecule has 0 bridgehead atoms. The zero-order chi connectivity index (χ0) is 21.3. The lowest BCUT2D eigenvalue weighted by Gasteiger charge is -2.35. The second-order valence-corrected chi connectivity index (χ2v) is 8.05. The number of carbonyl (C=O) groups excluding carboxylic acids is 1. The number of piperazine rings is 1. The lowest BCUT2D eigenvalue weighted by Crippen LogP contribution is -2.49. The van der Waals surface area contributed by atoms with Gasteiger partial charge >= 0.3 is 0 Å². The van der Waals surface area contributed by atoms with Gasteiger partial charge in [0.25, 0.3) is 0 Å². The number of nitrogens with one attached hydrogen (secondary N) is 1. The number of rotatable bonds is 5. The van der Waals surface area contributed by atoms with E-state index in [1.165, 1.54) is 19.3 Å². The topological polar surface area (TPSA) is 64.1 Å². The minimum absolute atomic E-state index is 0.183. The number of pyridine rings is 1. The molecule has 0 saturated carbocycles. The molecule has 1 N–H and O–H groups in total. The minimum Gasteiger partial charge on any atom is -0.353 e. The summed E-state index contributed by atoms with van der Waals surface area (Å²) >= 11 is 0. The van der Waals surface area contributed by atoms with Gasteiger partial charge in [0.2, 0.25) is 5.91 Å². The first-order chi connectivity index (χ1) is 15.3. The molecule has 0 aliphatic carbocycles. The van der Waals surface area contributed by atoms with Gasteiger partial charge in [-0.25, -0.2) is 4.98 Å². The molecule has 3 heterocycles. The van der Waals surface area contributed by atoms with E-state index in [9.17, 15) is 4.79 Å². The van der Waals surface area contributed by atoms with Gasteiger partial charge in [-0.1, -0.05) is 24.3 Å². The smallest absolute Gasteiger partial charge is 0.224 e. The van der Waals surface area contributed by atoms with Gasteiger partial charge < -0.3 is 20.0 Å². The van der Waals surface area contributed by atoms with Crippen molar-refractivity contribution in [3.05, 3.63) is 54.7 Å². The van der Waals surface area contributed by atoms with E-state index >= 15 is 0 Å². The van der Waals surface area contributed by atoms with Crippen LogP contribution in [0.5, 0.6) is 0 Å². The largest absolute Gasteiger partial charge is 0.353 e. The predicted molar refractivity (Wildman–Crippen MR) is 125 cm³/mol. The zero-order valence-electron chi connectivity index (χ0n) is 18.1. The van der Waals surface area contributed by atoms with Crippen molar-refractivity contribution >= 4 is 23.4 Å². The fourth-order valence-electron chi connectivity index (χ4n) is 4.12. The van der Waals surface area contributed by atoms with Crippen LogP contribution in [0.4, 0.5) is 11.5 Å². The van der Waals surface area contributed by atoms with E-state index in [1.807, 2.05) is 59.6 Å². The van der Waals surface area contributed by atoms with E-state index in [0.29, 0.717) is 13.0 Å². The second-order valence-electron chi connectivity index (χ2n) is 8.05. The highest BCUT2D eigenvalue weighted by Crippen LogP contribution is 2.14. The number of carbonyl (C=O) groups is 1. The van der Waals surface area contributed by atoms with E-state index in [4.69, 9.17) is 4.99 Å². The highest BCUT2D eigenvalue weighted by Gasteiger charge is 2.22. The Bertz CT molecular complexity index is 843. The molecule has 0 atom stereocenters. The Kier molecular flexibility index (Phi) is 7.37. The third-order valence-corrected chi connectivity index (χ3v) is 5.88. The molecule has 7 heteroatoms. The quantitative estimate of drug-likeness (QED) is 0.595. The fraction of sp³-hybridized carbons (Fsp3) is 0.458. The first kappa shape index (κ1) is 21.2. The Morgan fingerprint density at radius 2 is 1.61 bits per heavy atom. The average Bonchev–Trinajstić information content (AvgIpc) is 2.85. The van der Waals surface area contributed by atoms with Crippen LogP contribution in [0.1, 0.15) is 25.7 Å². The molecular formula is C24H32N6O. The van der Waals surface area contributed by atoms with Gasteiger partial charge in [0, 0.05) is 57.6 Å². The maximum atomic E-state index is 12.7. The van der Waals surface area contributed by atoms with Gasteiger partial charge in [-0.15, -0.1) is 0 Å². The summed E-state index contributed by atoms with van der Waals surface area (Å²) in [5.41, 5.74) is 1.03. The van der Waals surface area contributed by atoms with E-state index in [1.54, 1.807) is 0 Å². The molecule has 2 aliphatic rings. The molecular weight excluding hydrogens is 388 g/mol. The number of likely N-dealkylation sites (tertiary alicyclic amines) is 1. The summed E-state index contributed by atoms with van der Waals surface area (Å²) in [6, 6.07) is 16.1. The Morgan fingerprint density at radius 3 is 2.32 bits per heavy atom. The van der Waals surface area contributed by atoms with Crippen molar-refractivity contribution in [2.75, 3.05) is 56.0 Å². The predicted octanol–water partition coefficient (Wildman–Crippen LogP) is 3.07. The summed E-state index contributed by atoms with van der Waals surface area (Å²) in [4.78, 5) is 28.5. The van der Waals surface area contributed by atoms with Crippen LogP contribution in [-0.4, -0.2) is 72.5 Å². The Hall–Kier alpha value is -3.09. The number of anilines is 2. The maximum absolute atomic E-state index is 12.7. The molecule has 1 amide bonds. The molecule has 0 unspecified atom stereocenters. The monoisotopic (exact) mass is 420 g/mol. The van der Waals surface area contributed by atoms with Crippen LogP contribution in [0.2, 0.25) is 0 Å². The van der Waals surface area contributed by atoms with Gasteiger partial charge in [0.15, 0.2) is 5.96 Å². The first-order valence-corrected chi connectivity index (χ1v) is 11.3. The number of aliphatic imine (C=N–C) groups is 1. The molecule has 7 nitrogen and oxygen atoms in total. The van der Waals surface area contributed by atoms with E-state index in [0.717, 1.165) is 56.7 Å². The molecule has 4 rings (SSSR count). The molecule has 0 radical (unpaired) electrons. The fourth-order valence-corrected chi connectivity index (χ4v) is 4.12. The molecule has 164 valence electrons. The number of aromatic nitrogens is 1. The van der Waals surface area contributed by atoms with Gasteiger partial charge in [-0.2, -0.15) is 0 Å². The van der Waals surface area contributed by atoms with E-state index in [2.05, 4.69) is 20.1 Å². The zero-order valence-corrected chi connectivity index (χ0v) is 18.1. The summed E-state index contributed by atoms with van der Waals surface area (Å²) in [5.74, 6) is 2.05. The van der Waals surface area contributed by atoms with Crippen LogP contribution < -0.4 is 10.2 Å². The van der Waals surface area contributed by atoms with Gasteiger partial charge in [-0.05, 0) is 43.5 Å². The summed E-state index contributed by atoms with van der Waals surface area (Å²) < 4.78 is 0. The molecule has 2 aliphatic heterocycles. The van der Waals surface area contributed by atoms with Crippen molar-refractivity contribution in [2.24, 2.45) is 4.99 Å². The number of guanidine groups is 1. The van der Waals surface area contributed by atoms with E-state index in [-0.39, 0.29) is 5.91 Å². The lowest BCUT2D eigenvalue weighted by atomic mass is 10.1. The minimum atomic E-state index is 0.183. The van der Waals surface area contributed by atoms with Crippen LogP contribution in [0.25, 0.3) is 0 Å². The van der Waals surface area contributed by atoms with Crippen molar-refractivity contribution in [1.29, 1.82) is 0 Å². The lowest BCUT2D eigenvalue weighted by molar-refractivity contribution is -0.131. The van der Waals surface area contributed by atoms with Crippen molar-refractivity contribution in [3.8, 4) is 0 Å². The molecule has 0 spiro atoms. The van der Waals surface area contributed by atoms with Crippen LogP contribution in [-0.2, 0) is 4.79 Å². The van der Waals surface area contributed by atoms with Crippen molar-refractivity contribution in [3.63, 3.8) is 0 Å². The first-order valence-electron chi connectivity index (χ1n) is 11.3. The number of amides is 1. The third-order valence-electron chi connectivity index (χ3n) is 5.88. The molecule has 2 saturated heterocycles. The average molecular weight is 421 g/mol. The molecule has 2 fully saturated rings. The van der Waals surface area contributed by atoms with Gasteiger partial charge in [0.05, 0.1) is 6.54 Å². The molecule has 1 aromatic heterocycles. The van der Waals surface area contributed by atoms with Crippen LogP contribution >= 0.6 is 0 Å². The SMILES string of the molecule is O=C(CCN=C(Nc1ccccc1)N1CCCCC1)N1CCN(c2ccccn2)CC1. The highest BCUT2D eigenvalue weighted by molar-refractivity contribution is 5.93. The van der Waals surface area contributed by atoms with Crippen LogP contribution in [0.15, 0.2) is 59.7 Å². The van der Waals surface area contributed by atoms with Crippen LogP contribution in [0, 0.1) is 0 Å². The van der Waals surface area contributed by atoms with E-state index < -0.39 is 0 Å². The third kappa shape index (κ3) is 5.96. The second kappa shape index (κ2) is 10.8. The van der Waals surface area contributed by atoms with Crippen molar-refractivity contribution < 1.29 is 4.79 Å². The van der Waals surface area contributed by atoms with Gasteiger partial charge in [0.1, 0.15) is 5.82 Å². The Labute approximate surface area is 184 Å². The Morgan fingerprint density at radius 1 is 0.871 bits per heavy atom. The summed E-state index contributed by atoms with van der Waals surface area (Å²) in [6.45, 7) is 5.65. The van der Waals surface area contributed by atoms with Crippen molar-refractivity contribution in [2.45, 2.75) is 25.7 Å².